The van der Waals surface area contributed by atoms with Gasteiger partial charge in [-0.15, -0.1) is 0 Å². The molecule has 182 valence electrons. The number of anilines is 1. The number of hydrogen-bond acceptors (Lipinski definition) is 7. The van der Waals surface area contributed by atoms with E-state index >= 15 is 4.39 Å². The molecule has 9 nitrogen and oxygen atoms in total. The van der Waals surface area contributed by atoms with Crippen molar-refractivity contribution in [1.29, 1.82) is 0 Å². The lowest BCUT2D eigenvalue weighted by Gasteiger charge is -2.38. The average molecular weight is 472 g/mol. The third-order valence-corrected chi connectivity index (χ3v) is 7.61. The van der Waals surface area contributed by atoms with Gasteiger partial charge in [-0.3, -0.25) is 29.4 Å². The maximum Gasteiger partial charge on any atom is 0.262 e. The Kier molecular flexibility index (Phi) is 6.11. The molecular weight excluding hydrogens is 441 g/mol. The highest BCUT2D eigenvalue weighted by Crippen LogP contribution is 2.34. The van der Waals surface area contributed by atoms with Crippen LogP contribution in [0.2, 0.25) is 0 Å². The summed E-state index contributed by atoms with van der Waals surface area (Å²) in [5, 5.41) is 2.17. The van der Waals surface area contributed by atoms with Crippen LogP contribution in [0.3, 0.4) is 0 Å². The lowest BCUT2D eigenvalue weighted by Crippen LogP contribution is -2.54. The Balaban J connectivity index is 1.27. The van der Waals surface area contributed by atoms with Crippen molar-refractivity contribution in [3.63, 3.8) is 0 Å². The molecule has 0 radical (unpaired) electrons. The maximum absolute atomic E-state index is 15.1. The molecule has 4 aliphatic heterocycles. The Labute approximate surface area is 197 Å². The molecule has 0 bridgehead atoms. The van der Waals surface area contributed by atoms with Gasteiger partial charge in [0.1, 0.15) is 11.9 Å². The van der Waals surface area contributed by atoms with E-state index in [1.165, 1.54) is 6.07 Å². The number of likely N-dealkylation sites (tertiary alicyclic amines) is 1. The molecular formula is C24H30FN5O4. The number of nitrogens with one attached hydrogen (secondary N) is 1. The molecule has 1 aromatic carbocycles. The molecule has 0 saturated carbocycles. The molecule has 34 heavy (non-hydrogen) atoms. The number of halogens is 1. The van der Waals surface area contributed by atoms with Gasteiger partial charge < -0.3 is 15.5 Å². The van der Waals surface area contributed by atoms with Crippen molar-refractivity contribution in [3.8, 4) is 0 Å². The predicted octanol–water partition coefficient (Wildman–Crippen LogP) is 0.866. The van der Waals surface area contributed by atoms with E-state index in [2.05, 4.69) is 10.2 Å². The van der Waals surface area contributed by atoms with Gasteiger partial charge in [0, 0.05) is 32.1 Å². The van der Waals surface area contributed by atoms with Gasteiger partial charge in [-0.2, -0.15) is 0 Å². The van der Waals surface area contributed by atoms with Gasteiger partial charge in [0.25, 0.3) is 11.8 Å². The van der Waals surface area contributed by atoms with Gasteiger partial charge in [-0.25, -0.2) is 4.39 Å². The smallest absolute Gasteiger partial charge is 0.262 e. The first-order valence-electron chi connectivity index (χ1n) is 12.1. The zero-order valence-corrected chi connectivity index (χ0v) is 19.1. The molecule has 4 amide bonds. The number of imide groups is 2. The Morgan fingerprint density at radius 2 is 1.56 bits per heavy atom. The van der Waals surface area contributed by atoms with Gasteiger partial charge >= 0.3 is 0 Å². The third-order valence-electron chi connectivity index (χ3n) is 7.61. The minimum atomic E-state index is -1.06. The minimum Gasteiger partial charge on any atom is -0.369 e. The number of carbonyl (C=O) groups excluding carboxylic acids is 4. The van der Waals surface area contributed by atoms with Crippen LogP contribution in [0.25, 0.3) is 0 Å². The van der Waals surface area contributed by atoms with Crippen LogP contribution in [0.1, 0.15) is 59.2 Å². The topological polar surface area (TPSA) is 116 Å². The van der Waals surface area contributed by atoms with Crippen LogP contribution in [-0.4, -0.2) is 78.2 Å². The molecule has 5 rings (SSSR count). The summed E-state index contributed by atoms with van der Waals surface area (Å²) in [6.07, 6.45) is 4.02. The first-order chi connectivity index (χ1) is 16.3. The highest BCUT2D eigenvalue weighted by molar-refractivity contribution is 6.23. The number of hydrogen-bond donors (Lipinski definition) is 2. The van der Waals surface area contributed by atoms with Crippen molar-refractivity contribution in [2.45, 2.75) is 50.6 Å². The largest absolute Gasteiger partial charge is 0.369 e. The van der Waals surface area contributed by atoms with Crippen molar-refractivity contribution >= 4 is 29.3 Å². The second-order valence-electron chi connectivity index (χ2n) is 9.86. The van der Waals surface area contributed by atoms with Crippen molar-refractivity contribution in [2.24, 2.45) is 11.7 Å². The molecule has 1 aromatic rings. The summed E-state index contributed by atoms with van der Waals surface area (Å²) in [4.78, 5) is 54.9. The number of piperidine rings is 3. The first kappa shape index (κ1) is 22.9. The molecule has 4 aliphatic rings. The molecule has 3 fully saturated rings. The number of fused-ring (bicyclic) bond motifs is 1. The van der Waals surface area contributed by atoms with Crippen LogP contribution in [-0.2, 0) is 9.59 Å². The van der Waals surface area contributed by atoms with E-state index in [1.807, 2.05) is 4.90 Å². The number of rotatable bonds is 4. The SMILES string of the molecule is NC1CCN(CC2CCN(c3cc4c(cc3F)C(=O)N(C3CCC(=O)NC3=O)C4=O)CC2)CC1. The number of benzene rings is 1. The monoisotopic (exact) mass is 471 g/mol. The first-order valence-corrected chi connectivity index (χ1v) is 12.1. The predicted molar refractivity (Wildman–Crippen MR) is 122 cm³/mol. The summed E-state index contributed by atoms with van der Waals surface area (Å²) in [7, 11) is 0. The van der Waals surface area contributed by atoms with E-state index in [4.69, 9.17) is 5.73 Å². The van der Waals surface area contributed by atoms with E-state index in [1.54, 1.807) is 0 Å². The van der Waals surface area contributed by atoms with Gasteiger partial charge in [0.05, 0.1) is 16.8 Å². The van der Waals surface area contributed by atoms with Gasteiger partial charge in [0.2, 0.25) is 11.8 Å². The second kappa shape index (κ2) is 9.07. The summed E-state index contributed by atoms with van der Waals surface area (Å²) in [6.45, 7) is 4.43. The fourth-order valence-electron chi connectivity index (χ4n) is 5.58. The Morgan fingerprint density at radius 1 is 0.912 bits per heavy atom. The zero-order valence-electron chi connectivity index (χ0n) is 19.1. The van der Waals surface area contributed by atoms with Gasteiger partial charge in [-0.1, -0.05) is 0 Å². The van der Waals surface area contributed by atoms with E-state index < -0.39 is 35.5 Å². The fourth-order valence-corrected chi connectivity index (χ4v) is 5.58. The summed E-state index contributed by atoms with van der Waals surface area (Å²) in [5.41, 5.74) is 6.39. The molecule has 10 heteroatoms. The minimum absolute atomic E-state index is 0.0332. The van der Waals surface area contributed by atoms with Crippen LogP contribution in [0.15, 0.2) is 12.1 Å². The van der Waals surface area contributed by atoms with Crippen LogP contribution < -0.4 is 16.0 Å². The molecule has 1 atom stereocenters. The summed E-state index contributed by atoms with van der Waals surface area (Å²) < 4.78 is 15.1. The summed E-state index contributed by atoms with van der Waals surface area (Å²) in [6, 6.07) is 1.81. The quantitative estimate of drug-likeness (QED) is 0.626. The highest BCUT2D eigenvalue weighted by Gasteiger charge is 2.45. The zero-order chi connectivity index (χ0) is 24.0. The van der Waals surface area contributed by atoms with Crippen LogP contribution in [0.5, 0.6) is 0 Å². The van der Waals surface area contributed by atoms with Gasteiger partial charge in [0.15, 0.2) is 0 Å². The van der Waals surface area contributed by atoms with E-state index in [0.29, 0.717) is 30.7 Å². The van der Waals surface area contributed by atoms with Crippen LogP contribution >= 0.6 is 0 Å². The molecule has 4 heterocycles. The standard InChI is InChI=1S/C24H30FN5O4/c25-18-11-16-17(24(34)30(23(16)33)19-1-2-21(31)27-22(19)32)12-20(18)29-9-3-14(4-10-29)13-28-7-5-15(26)6-8-28/h11-12,14-15,19H,1-10,13,26H2,(H,27,31,32). The fraction of sp³-hybridized carbons (Fsp3) is 0.583. The summed E-state index contributed by atoms with van der Waals surface area (Å²) >= 11 is 0. The third kappa shape index (κ3) is 4.20. The molecule has 1 unspecified atom stereocenters. The molecule has 0 spiro atoms. The average Bonchev–Trinajstić information content (AvgIpc) is 3.05. The summed E-state index contributed by atoms with van der Waals surface area (Å²) in [5.74, 6) is -2.43. The normalized spacial score (nSPS) is 25.2. The van der Waals surface area contributed by atoms with Crippen molar-refractivity contribution < 1.29 is 23.6 Å². The van der Waals surface area contributed by atoms with E-state index in [-0.39, 0.29) is 24.0 Å². The van der Waals surface area contributed by atoms with Gasteiger partial charge in [-0.05, 0) is 63.2 Å². The van der Waals surface area contributed by atoms with E-state index in [9.17, 15) is 19.2 Å². The molecule has 3 N–H and O–H groups in total. The van der Waals surface area contributed by atoms with Crippen LogP contribution in [0.4, 0.5) is 10.1 Å². The van der Waals surface area contributed by atoms with Crippen molar-refractivity contribution in [2.75, 3.05) is 37.6 Å². The Bertz CT molecular complexity index is 1030. The lowest BCUT2D eigenvalue weighted by atomic mass is 9.94. The Morgan fingerprint density at radius 3 is 2.21 bits per heavy atom. The highest BCUT2D eigenvalue weighted by atomic mass is 19.1. The van der Waals surface area contributed by atoms with E-state index in [0.717, 1.165) is 56.3 Å². The second-order valence-corrected chi connectivity index (χ2v) is 9.86. The maximum atomic E-state index is 15.1. The Hall–Kier alpha value is -2.85. The number of carbonyl (C=O) groups is 4. The van der Waals surface area contributed by atoms with Crippen LogP contribution in [0, 0.1) is 11.7 Å². The van der Waals surface area contributed by atoms with Crippen molar-refractivity contribution in [1.82, 2.24) is 15.1 Å². The van der Waals surface area contributed by atoms with Crippen molar-refractivity contribution in [3.05, 3.63) is 29.1 Å². The molecule has 0 aromatic heterocycles. The number of amides is 4. The molecule has 3 saturated heterocycles. The number of nitrogens with zero attached hydrogens (tertiary/aromatic N) is 3. The molecule has 0 aliphatic carbocycles. The lowest BCUT2D eigenvalue weighted by molar-refractivity contribution is -0.136. The number of nitrogens with two attached hydrogens (primary N) is 1.